The Morgan fingerprint density at radius 3 is 2.35 bits per heavy atom. The van der Waals surface area contributed by atoms with Crippen molar-refractivity contribution in [2.75, 3.05) is 0 Å². The van der Waals surface area contributed by atoms with E-state index in [1.54, 1.807) is 37.3 Å². The maximum atomic E-state index is 13.2. The van der Waals surface area contributed by atoms with Gasteiger partial charge in [-0.2, -0.15) is 23.3 Å². The van der Waals surface area contributed by atoms with Gasteiger partial charge in [0.15, 0.2) is 5.72 Å². The normalized spacial score (nSPS) is 20.2. The summed E-state index contributed by atoms with van der Waals surface area (Å²) in [5, 5.41) is 15.0. The van der Waals surface area contributed by atoms with Crippen molar-refractivity contribution in [2.24, 2.45) is 5.10 Å². The van der Waals surface area contributed by atoms with Crippen molar-refractivity contribution < 1.29 is 23.1 Å². The van der Waals surface area contributed by atoms with E-state index in [1.807, 2.05) is 6.92 Å². The molecule has 0 aromatic heterocycles. The molecule has 7 heteroatoms. The molecule has 0 unspecified atom stereocenters. The molecule has 136 valence electrons. The van der Waals surface area contributed by atoms with Crippen LogP contribution < -0.4 is 0 Å². The van der Waals surface area contributed by atoms with Gasteiger partial charge in [0.25, 0.3) is 5.91 Å². The molecule has 0 aliphatic carbocycles. The number of alkyl halides is 3. The van der Waals surface area contributed by atoms with E-state index in [2.05, 4.69) is 5.10 Å². The van der Waals surface area contributed by atoms with Crippen LogP contribution in [0.2, 0.25) is 0 Å². The average molecular weight is 362 g/mol. The van der Waals surface area contributed by atoms with Crippen LogP contribution in [0.3, 0.4) is 0 Å². The van der Waals surface area contributed by atoms with Crippen molar-refractivity contribution in [3.8, 4) is 0 Å². The molecule has 0 spiro atoms. The first kappa shape index (κ1) is 18.1. The van der Waals surface area contributed by atoms with E-state index in [1.165, 1.54) is 18.2 Å². The fourth-order valence-electron chi connectivity index (χ4n) is 2.86. The zero-order valence-electron chi connectivity index (χ0n) is 14.2. The first-order valence-electron chi connectivity index (χ1n) is 7.97. The molecular weight excluding hydrogens is 345 g/mol. The Labute approximate surface area is 148 Å². The second-order valence-corrected chi connectivity index (χ2v) is 6.39. The van der Waals surface area contributed by atoms with Gasteiger partial charge in [-0.05, 0) is 26.0 Å². The molecule has 26 heavy (non-hydrogen) atoms. The van der Waals surface area contributed by atoms with Crippen LogP contribution in [0.4, 0.5) is 13.2 Å². The summed E-state index contributed by atoms with van der Waals surface area (Å²) in [6.07, 6.45) is -5.56. The minimum absolute atomic E-state index is 0.155. The molecule has 0 bridgehead atoms. The van der Waals surface area contributed by atoms with Gasteiger partial charge in [-0.25, -0.2) is 0 Å². The number of aliphatic hydroxyl groups is 1. The number of rotatable bonds is 2. The number of carbonyl (C=O) groups excluding carboxylic acids is 1. The van der Waals surface area contributed by atoms with Crippen molar-refractivity contribution in [2.45, 2.75) is 32.2 Å². The van der Waals surface area contributed by atoms with E-state index in [9.17, 15) is 23.1 Å². The van der Waals surface area contributed by atoms with Crippen LogP contribution in [0.5, 0.6) is 0 Å². The first-order valence-corrected chi connectivity index (χ1v) is 7.97. The lowest BCUT2D eigenvalue weighted by Crippen LogP contribution is -2.43. The molecule has 0 saturated carbocycles. The third kappa shape index (κ3) is 3.22. The second kappa shape index (κ2) is 6.25. The SMILES string of the molecule is Cc1ccc([C@@]2(O)CC(C(F)(F)F)=NN2C(=O)c2cccc(C)c2)cc1. The summed E-state index contributed by atoms with van der Waals surface area (Å²) in [5.41, 5.74) is -1.41. The van der Waals surface area contributed by atoms with Gasteiger partial charge in [0.2, 0.25) is 0 Å². The number of carbonyl (C=O) groups is 1. The number of nitrogens with zero attached hydrogens (tertiary/aromatic N) is 2. The largest absolute Gasteiger partial charge is 0.431 e. The fraction of sp³-hybridized carbons (Fsp3) is 0.263. The number of halogens is 3. The average Bonchev–Trinajstić information content (AvgIpc) is 2.94. The fourth-order valence-corrected chi connectivity index (χ4v) is 2.86. The highest BCUT2D eigenvalue weighted by Crippen LogP contribution is 2.40. The molecule has 4 nitrogen and oxygen atoms in total. The molecule has 0 fully saturated rings. The number of amides is 1. The van der Waals surface area contributed by atoms with Gasteiger partial charge in [-0.1, -0.05) is 47.5 Å². The molecule has 1 amide bonds. The van der Waals surface area contributed by atoms with Gasteiger partial charge in [0.05, 0.1) is 6.42 Å². The van der Waals surface area contributed by atoms with Crippen LogP contribution in [-0.2, 0) is 5.72 Å². The van der Waals surface area contributed by atoms with Gasteiger partial charge >= 0.3 is 6.18 Å². The summed E-state index contributed by atoms with van der Waals surface area (Å²) in [7, 11) is 0. The van der Waals surface area contributed by atoms with Crippen LogP contribution in [0.15, 0.2) is 53.6 Å². The molecule has 1 N–H and O–H groups in total. The summed E-state index contributed by atoms with van der Waals surface area (Å²) in [6, 6.07) is 12.7. The van der Waals surface area contributed by atoms with E-state index >= 15 is 0 Å². The number of hydrazone groups is 1. The highest BCUT2D eigenvalue weighted by Gasteiger charge is 2.53. The molecule has 1 atom stereocenters. The van der Waals surface area contributed by atoms with Crippen LogP contribution >= 0.6 is 0 Å². The summed E-state index contributed by atoms with van der Waals surface area (Å²) in [5.74, 6) is -0.795. The maximum absolute atomic E-state index is 13.2. The molecule has 1 aliphatic rings. The third-order valence-electron chi connectivity index (χ3n) is 4.28. The van der Waals surface area contributed by atoms with E-state index in [0.717, 1.165) is 11.1 Å². The Hall–Kier alpha value is -2.67. The molecule has 1 aliphatic heterocycles. The van der Waals surface area contributed by atoms with Gasteiger partial charge < -0.3 is 5.11 Å². The second-order valence-electron chi connectivity index (χ2n) is 6.39. The Bertz CT molecular complexity index is 875. The maximum Gasteiger partial charge on any atom is 0.431 e. The van der Waals surface area contributed by atoms with Crippen LogP contribution in [0.1, 0.15) is 33.5 Å². The van der Waals surface area contributed by atoms with Crippen molar-refractivity contribution in [1.29, 1.82) is 0 Å². The Kier molecular flexibility index (Phi) is 4.36. The lowest BCUT2D eigenvalue weighted by Gasteiger charge is -2.31. The van der Waals surface area contributed by atoms with Crippen molar-refractivity contribution in [1.82, 2.24) is 5.01 Å². The molecule has 3 rings (SSSR count). The zero-order valence-corrected chi connectivity index (χ0v) is 14.2. The smallest absolute Gasteiger partial charge is 0.365 e. The van der Waals surface area contributed by atoms with Crippen LogP contribution in [0, 0.1) is 13.8 Å². The van der Waals surface area contributed by atoms with E-state index < -0.39 is 29.9 Å². The number of hydrogen-bond acceptors (Lipinski definition) is 3. The minimum atomic E-state index is -4.74. The van der Waals surface area contributed by atoms with E-state index in [-0.39, 0.29) is 11.1 Å². The summed E-state index contributed by atoms with van der Waals surface area (Å²) < 4.78 is 39.6. The summed E-state index contributed by atoms with van der Waals surface area (Å²) in [6.45, 7) is 3.58. The molecule has 0 saturated heterocycles. The predicted molar refractivity (Wildman–Crippen MR) is 90.5 cm³/mol. The molecule has 1 heterocycles. The molecular formula is C19H17F3N2O2. The lowest BCUT2D eigenvalue weighted by atomic mass is 9.95. The Balaban J connectivity index is 2.08. The first-order chi connectivity index (χ1) is 12.1. The summed E-state index contributed by atoms with van der Waals surface area (Å²) in [4.78, 5) is 12.8. The minimum Gasteiger partial charge on any atom is -0.365 e. The number of hydrogen-bond donors (Lipinski definition) is 1. The van der Waals surface area contributed by atoms with Crippen LogP contribution in [-0.4, -0.2) is 27.9 Å². The quantitative estimate of drug-likeness (QED) is 0.881. The Morgan fingerprint density at radius 2 is 1.77 bits per heavy atom. The van der Waals surface area contributed by atoms with Gasteiger partial charge in [0, 0.05) is 11.1 Å². The van der Waals surface area contributed by atoms with Gasteiger partial charge in [-0.15, -0.1) is 0 Å². The van der Waals surface area contributed by atoms with Gasteiger partial charge in [-0.3, -0.25) is 4.79 Å². The highest BCUT2D eigenvalue weighted by molar-refractivity contribution is 6.00. The van der Waals surface area contributed by atoms with Crippen molar-refractivity contribution in [3.63, 3.8) is 0 Å². The third-order valence-corrected chi connectivity index (χ3v) is 4.28. The molecule has 2 aromatic rings. The topological polar surface area (TPSA) is 52.9 Å². The van der Waals surface area contributed by atoms with Crippen LogP contribution in [0.25, 0.3) is 0 Å². The highest BCUT2D eigenvalue weighted by atomic mass is 19.4. The van der Waals surface area contributed by atoms with Crippen molar-refractivity contribution in [3.05, 3.63) is 70.8 Å². The zero-order chi connectivity index (χ0) is 19.1. The summed E-state index contributed by atoms with van der Waals surface area (Å²) >= 11 is 0. The lowest BCUT2D eigenvalue weighted by molar-refractivity contribution is -0.0816. The van der Waals surface area contributed by atoms with Crippen molar-refractivity contribution >= 4 is 11.6 Å². The monoisotopic (exact) mass is 362 g/mol. The van der Waals surface area contributed by atoms with Gasteiger partial charge in [0.1, 0.15) is 5.71 Å². The number of aryl methyl sites for hydroxylation is 2. The molecule has 0 radical (unpaired) electrons. The van der Waals surface area contributed by atoms with E-state index in [4.69, 9.17) is 0 Å². The van der Waals surface area contributed by atoms with E-state index in [0.29, 0.717) is 5.01 Å². The Morgan fingerprint density at radius 1 is 1.12 bits per heavy atom. The number of benzene rings is 2. The standard InChI is InChI=1S/C19H17F3N2O2/c1-12-6-8-15(9-7-12)18(26)11-16(19(20,21)22)23-24(18)17(25)14-5-3-4-13(2)10-14/h3-10,26H,11H2,1-2H3/t18-/m0/s1. The molecule has 2 aromatic carbocycles. The predicted octanol–water partition coefficient (Wildman–Crippen LogP) is 3.91.